The minimum atomic E-state index is -0.206. The van der Waals surface area contributed by atoms with Gasteiger partial charge in [-0.2, -0.15) is 0 Å². The topological polar surface area (TPSA) is 58.2 Å². The van der Waals surface area contributed by atoms with E-state index in [-0.39, 0.29) is 11.8 Å². The van der Waals surface area contributed by atoms with E-state index in [0.29, 0.717) is 32.8 Å². The monoisotopic (exact) mass is 438 g/mol. The van der Waals surface area contributed by atoms with Crippen molar-refractivity contribution in [3.63, 3.8) is 0 Å². The Bertz CT molecular complexity index is 1090. The molecule has 1 unspecified atom stereocenters. The molecule has 2 amide bonds. The molecule has 0 aliphatic heterocycles. The quantitative estimate of drug-likeness (QED) is 0.499. The van der Waals surface area contributed by atoms with E-state index < -0.39 is 0 Å². The van der Waals surface area contributed by atoms with Crippen molar-refractivity contribution in [3.8, 4) is 0 Å². The summed E-state index contributed by atoms with van der Waals surface area (Å²) in [5.74, 6) is 0.162. The van der Waals surface area contributed by atoms with Gasteiger partial charge in [0.25, 0.3) is 11.8 Å². The number of anilines is 2. The third-order valence-electron chi connectivity index (χ3n) is 5.38. The Morgan fingerprint density at radius 1 is 1.00 bits per heavy atom. The molecule has 0 fully saturated rings. The van der Waals surface area contributed by atoms with Crippen LogP contribution in [0.25, 0.3) is 0 Å². The summed E-state index contributed by atoms with van der Waals surface area (Å²) in [6, 6.07) is 14.4. The van der Waals surface area contributed by atoms with Crippen molar-refractivity contribution in [2.75, 3.05) is 10.6 Å². The summed E-state index contributed by atoms with van der Waals surface area (Å²) in [7, 11) is 0. The molecule has 1 aliphatic carbocycles. The molecule has 154 valence electrons. The number of aryl methyl sites for hydroxylation is 1. The highest BCUT2D eigenvalue weighted by Crippen LogP contribution is 2.40. The van der Waals surface area contributed by atoms with Crippen molar-refractivity contribution < 1.29 is 9.59 Å². The lowest BCUT2D eigenvalue weighted by Gasteiger charge is -2.18. The number of halogens is 1. The molecule has 2 aromatic carbocycles. The third kappa shape index (κ3) is 4.42. The second kappa shape index (κ2) is 8.62. The van der Waals surface area contributed by atoms with Crippen molar-refractivity contribution >= 4 is 45.4 Å². The largest absolute Gasteiger partial charge is 0.322 e. The van der Waals surface area contributed by atoms with Crippen molar-refractivity contribution in [3.05, 3.63) is 80.7 Å². The van der Waals surface area contributed by atoms with Gasteiger partial charge in [-0.1, -0.05) is 36.2 Å². The Kier molecular flexibility index (Phi) is 5.93. The summed E-state index contributed by atoms with van der Waals surface area (Å²) in [5, 5.41) is 7.17. The SMILES string of the molecule is Cc1ccc(C(=O)Nc2sc3c(c2C(=O)Nc2ccc(Cl)cc2)CCC(C)C3)cc1. The summed E-state index contributed by atoms with van der Waals surface area (Å²) in [5.41, 5.74) is 3.98. The van der Waals surface area contributed by atoms with Gasteiger partial charge in [-0.25, -0.2) is 0 Å². The number of benzene rings is 2. The predicted molar refractivity (Wildman–Crippen MR) is 124 cm³/mol. The van der Waals surface area contributed by atoms with Crippen LogP contribution in [0.4, 0.5) is 10.7 Å². The highest BCUT2D eigenvalue weighted by molar-refractivity contribution is 7.17. The molecular formula is C24H23ClN2O2S. The van der Waals surface area contributed by atoms with E-state index in [1.165, 1.54) is 16.2 Å². The molecule has 2 N–H and O–H groups in total. The summed E-state index contributed by atoms with van der Waals surface area (Å²) in [6.45, 7) is 4.20. The highest BCUT2D eigenvalue weighted by atomic mass is 35.5. The number of hydrogen-bond acceptors (Lipinski definition) is 3. The Hall–Kier alpha value is -2.63. The van der Waals surface area contributed by atoms with Crippen LogP contribution in [0.2, 0.25) is 5.02 Å². The standard InChI is InChI=1S/C24H23ClN2O2S/c1-14-3-6-16(7-4-14)22(28)27-24-21(19-12-5-15(2)13-20(19)30-24)23(29)26-18-10-8-17(25)9-11-18/h3-4,6-11,15H,5,12-13H2,1-2H3,(H,26,29)(H,27,28). The fraction of sp³-hybridized carbons (Fsp3) is 0.250. The molecule has 1 atom stereocenters. The van der Waals surface area contributed by atoms with Gasteiger partial charge in [-0.05, 0) is 74.1 Å². The minimum Gasteiger partial charge on any atom is -0.322 e. The van der Waals surface area contributed by atoms with Crippen LogP contribution < -0.4 is 10.6 Å². The molecule has 6 heteroatoms. The number of rotatable bonds is 4. The zero-order chi connectivity index (χ0) is 21.3. The van der Waals surface area contributed by atoms with Crippen LogP contribution in [0.1, 0.15) is 50.1 Å². The Morgan fingerprint density at radius 3 is 2.40 bits per heavy atom. The van der Waals surface area contributed by atoms with Gasteiger partial charge in [0, 0.05) is 21.2 Å². The zero-order valence-corrected chi connectivity index (χ0v) is 18.5. The van der Waals surface area contributed by atoms with Gasteiger partial charge in [0.15, 0.2) is 0 Å². The molecule has 1 aromatic heterocycles. The van der Waals surface area contributed by atoms with Crippen LogP contribution in [-0.2, 0) is 12.8 Å². The molecule has 1 heterocycles. The first-order valence-electron chi connectivity index (χ1n) is 10.00. The van der Waals surface area contributed by atoms with Crippen LogP contribution in [0.15, 0.2) is 48.5 Å². The lowest BCUT2D eigenvalue weighted by atomic mass is 9.88. The van der Waals surface area contributed by atoms with E-state index in [1.54, 1.807) is 36.4 Å². The average Bonchev–Trinajstić information content (AvgIpc) is 3.07. The lowest BCUT2D eigenvalue weighted by molar-refractivity contribution is 0.102. The van der Waals surface area contributed by atoms with Gasteiger partial charge < -0.3 is 10.6 Å². The van der Waals surface area contributed by atoms with Gasteiger partial charge in [-0.15, -0.1) is 11.3 Å². The Labute approximate surface area is 185 Å². The van der Waals surface area contributed by atoms with E-state index in [9.17, 15) is 9.59 Å². The lowest BCUT2D eigenvalue weighted by Crippen LogP contribution is -2.19. The molecule has 4 rings (SSSR count). The van der Waals surface area contributed by atoms with Crippen molar-refractivity contribution in [2.24, 2.45) is 5.92 Å². The van der Waals surface area contributed by atoms with Gasteiger partial charge in [0.1, 0.15) is 5.00 Å². The van der Waals surface area contributed by atoms with E-state index in [0.717, 1.165) is 30.4 Å². The number of fused-ring (bicyclic) bond motifs is 1. The van der Waals surface area contributed by atoms with Crippen molar-refractivity contribution in [1.29, 1.82) is 0 Å². The van der Waals surface area contributed by atoms with Gasteiger partial charge in [-0.3, -0.25) is 9.59 Å². The van der Waals surface area contributed by atoms with Crippen LogP contribution in [0.5, 0.6) is 0 Å². The fourth-order valence-electron chi connectivity index (χ4n) is 3.69. The molecule has 1 aliphatic rings. The van der Waals surface area contributed by atoms with Crippen molar-refractivity contribution in [1.82, 2.24) is 0 Å². The second-order valence-electron chi connectivity index (χ2n) is 7.84. The summed E-state index contributed by atoms with van der Waals surface area (Å²) >= 11 is 7.47. The number of nitrogens with one attached hydrogen (secondary N) is 2. The van der Waals surface area contributed by atoms with E-state index in [1.807, 2.05) is 19.1 Å². The number of hydrogen-bond donors (Lipinski definition) is 2. The van der Waals surface area contributed by atoms with E-state index >= 15 is 0 Å². The summed E-state index contributed by atoms with van der Waals surface area (Å²) in [6.07, 6.45) is 2.81. The van der Waals surface area contributed by atoms with Crippen LogP contribution in [0.3, 0.4) is 0 Å². The first-order chi connectivity index (χ1) is 14.4. The average molecular weight is 439 g/mol. The van der Waals surface area contributed by atoms with Crippen LogP contribution in [0, 0.1) is 12.8 Å². The molecule has 0 saturated heterocycles. The van der Waals surface area contributed by atoms with E-state index in [2.05, 4.69) is 17.6 Å². The van der Waals surface area contributed by atoms with Gasteiger partial charge in [0.2, 0.25) is 0 Å². The van der Waals surface area contributed by atoms with Crippen LogP contribution >= 0.6 is 22.9 Å². The molecule has 30 heavy (non-hydrogen) atoms. The predicted octanol–water partition coefficient (Wildman–Crippen LogP) is 6.34. The molecule has 0 radical (unpaired) electrons. The number of carbonyl (C=O) groups excluding carboxylic acids is 2. The first-order valence-corrected chi connectivity index (χ1v) is 11.2. The van der Waals surface area contributed by atoms with Gasteiger partial charge >= 0.3 is 0 Å². The molecule has 4 nitrogen and oxygen atoms in total. The summed E-state index contributed by atoms with van der Waals surface area (Å²) < 4.78 is 0. The molecule has 0 spiro atoms. The third-order valence-corrected chi connectivity index (χ3v) is 6.80. The maximum atomic E-state index is 13.2. The maximum Gasteiger partial charge on any atom is 0.258 e. The summed E-state index contributed by atoms with van der Waals surface area (Å²) in [4.78, 5) is 27.2. The highest BCUT2D eigenvalue weighted by Gasteiger charge is 2.28. The second-order valence-corrected chi connectivity index (χ2v) is 9.38. The Morgan fingerprint density at radius 2 is 1.70 bits per heavy atom. The van der Waals surface area contributed by atoms with Crippen LogP contribution in [-0.4, -0.2) is 11.8 Å². The number of carbonyl (C=O) groups is 2. The molecule has 0 bridgehead atoms. The molecule has 0 saturated carbocycles. The number of amides is 2. The fourth-order valence-corrected chi connectivity index (χ4v) is 5.22. The Balaban J connectivity index is 1.65. The van der Waals surface area contributed by atoms with Gasteiger partial charge in [0.05, 0.1) is 5.56 Å². The maximum absolute atomic E-state index is 13.2. The first kappa shape index (κ1) is 20.6. The van der Waals surface area contributed by atoms with Crippen molar-refractivity contribution in [2.45, 2.75) is 33.1 Å². The van der Waals surface area contributed by atoms with E-state index in [4.69, 9.17) is 11.6 Å². The molecule has 3 aromatic rings. The number of thiophene rings is 1. The minimum absolute atomic E-state index is 0.205. The normalized spacial score (nSPS) is 15.4. The zero-order valence-electron chi connectivity index (χ0n) is 16.9. The smallest absolute Gasteiger partial charge is 0.258 e. The molecular weight excluding hydrogens is 416 g/mol.